The van der Waals surface area contributed by atoms with Gasteiger partial charge >= 0.3 is 0 Å². The summed E-state index contributed by atoms with van der Waals surface area (Å²) in [6.45, 7) is 2.26. The van der Waals surface area contributed by atoms with Crippen molar-refractivity contribution in [2.45, 2.75) is 82.3 Å². The summed E-state index contributed by atoms with van der Waals surface area (Å²) >= 11 is 0. The number of ether oxygens (including phenoxy) is 1. The quantitative estimate of drug-likeness (QED) is 0.675. The first-order valence-electron chi connectivity index (χ1n) is 13.0. The summed E-state index contributed by atoms with van der Waals surface area (Å²) in [5.41, 5.74) is 3.52. The van der Waals surface area contributed by atoms with Gasteiger partial charge in [0.15, 0.2) is 5.82 Å². The lowest BCUT2D eigenvalue weighted by Crippen LogP contribution is -2.46. The van der Waals surface area contributed by atoms with Crippen molar-refractivity contribution in [3.05, 3.63) is 23.0 Å². The van der Waals surface area contributed by atoms with Crippen LogP contribution in [0.5, 0.6) is 0 Å². The summed E-state index contributed by atoms with van der Waals surface area (Å²) in [5, 5.41) is 11.3. The molecule has 2 N–H and O–H groups in total. The molecule has 2 aromatic heterocycles. The van der Waals surface area contributed by atoms with E-state index in [1.807, 2.05) is 4.90 Å². The van der Waals surface area contributed by atoms with Crippen molar-refractivity contribution in [1.82, 2.24) is 25.1 Å². The van der Waals surface area contributed by atoms with Crippen molar-refractivity contribution in [2.75, 3.05) is 37.0 Å². The number of nitrogens with one attached hydrogen (secondary N) is 2. The molecular formula is C25H35N7O2. The van der Waals surface area contributed by atoms with E-state index in [0.29, 0.717) is 18.4 Å². The van der Waals surface area contributed by atoms with Gasteiger partial charge in [-0.25, -0.2) is 4.98 Å². The minimum absolute atomic E-state index is 0.147. The third-order valence-corrected chi connectivity index (χ3v) is 8.15. The fourth-order valence-corrected chi connectivity index (χ4v) is 6.21. The highest BCUT2D eigenvalue weighted by Crippen LogP contribution is 2.36. The summed E-state index contributed by atoms with van der Waals surface area (Å²) in [7, 11) is 1.73. The van der Waals surface area contributed by atoms with E-state index in [1.54, 1.807) is 7.11 Å². The van der Waals surface area contributed by atoms with Crippen LogP contribution in [0.1, 0.15) is 74.2 Å². The number of H-pyrrole nitrogens is 1. The number of nitrogens with zero attached hydrogens (tertiary/aromatic N) is 5. The Labute approximate surface area is 200 Å². The Balaban J connectivity index is 1.24. The Kier molecular flexibility index (Phi) is 5.89. The van der Waals surface area contributed by atoms with Crippen molar-refractivity contribution in [3.8, 4) is 0 Å². The zero-order valence-corrected chi connectivity index (χ0v) is 20.1. The molecule has 6 rings (SSSR count). The Bertz CT molecular complexity index is 1050. The Morgan fingerprint density at radius 3 is 2.79 bits per heavy atom. The van der Waals surface area contributed by atoms with Gasteiger partial charge in [0, 0.05) is 50.0 Å². The van der Waals surface area contributed by atoms with Gasteiger partial charge in [0.25, 0.3) is 0 Å². The van der Waals surface area contributed by atoms with E-state index < -0.39 is 0 Å². The molecule has 2 aliphatic carbocycles. The van der Waals surface area contributed by atoms with E-state index in [1.165, 1.54) is 36.9 Å². The first-order valence-corrected chi connectivity index (χ1v) is 13.0. The molecule has 0 spiro atoms. The number of methoxy groups -OCH3 is 1. The number of amides is 1. The fraction of sp³-hybridized carbons (Fsp3) is 0.680. The van der Waals surface area contributed by atoms with Gasteiger partial charge in [0.2, 0.25) is 11.9 Å². The van der Waals surface area contributed by atoms with Gasteiger partial charge < -0.3 is 19.9 Å². The molecule has 1 amide bonds. The Morgan fingerprint density at radius 1 is 1.09 bits per heavy atom. The predicted octanol–water partition coefficient (Wildman–Crippen LogP) is 3.31. The van der Waals surface area contributed by atoms with Crippen LogP contribution < -0.4 is 10.2 Å². The lowest BCUT2D eigenvalue weighted by atomic mass is 10.0. The highest BCUT2D eigenvalue weighted by molar-refractivity contribution is 5.85. The molecule has 34 heavy (non-hydrogen) atoms. The molecule has 182 valence electrons. The predicted molar refractivity (Wildman–Crippen MR) is 129 cm³/mol. The molecule has 2 aliphatic heterocycles. The molecular weight excluding hydrogens is 430 g/mol. The van der Waals surface area contributed by atoms with Crippen LogP contribution in [-0.4, -0.2) is 69.9 Å². The van der Waals surface area contributed by atoms with E-state index in [4.69, 9.17) is 14.7 Å². The number of aromatic nitrogens is 4. The van der Waals surface area contributed by atoms with Gasteiger partial charge in [0.1, 0.15) is 11.9 Å². The molecule has 0 radical (unpaired) electrons. The molecule has 9 nitrogen and oxygen atoms in total. The molecule has 2 aromatic rings. The number of fused-ring (bicyclic) bond motifs is 1. The molecule has 9 heteroatoms. The zero-order chi connectivity index (χ0) is 23.1. The van der Waals surface area contributed by atoms with E-state index in [-0.39, 0.29) is 18.1 Å². The summed E-state index contributed by atoms with van der Waals surface area (Å²) in [6, 6.07) is 1.95. The summed E-state index contributed by atoms with van der Waals surface area (Å²) < 4.78 is 5.47. The van der Waals surface area contributed by atoms with Crippen molar-refractivity contribution in [1.29, 1.82) is 0 Å². The van der Waals surface area contributed by atoms with Gasteiger partial charge in [-0.3, -0.25) is 9.89 Å². The van der Waals surface area contributed by atoms with Gasteiger partial charge in [0.05, 0.1) is 11.8 Å². The zero-order valence-electron chi connectivity index (χ0n) is 20.1. The van der Waals surface area contributed by atoms with Crippen LogP contribution in [0.2, 0.25) is 0 Å². The molecule has 3 fully saturated rings. The highest BCUT2D eigenvalue weighted by atomic mass is 16.5. The SMILES string of the molecule is COC1CCN(C(=O)C2CCCN2c2nc3c(c(Nc4cc(C5CCCC5)[nH]n4)n2)CCC3)C1. The molecule has 4 aliphatic rings. The maximum Gasteiger partial charge on any atom is 0.245 e. The molecule has 0 bridgehead atoms. The van der Waals surface area contributed by atoms with Crippen molar-refractivity contribution in [2.24, 2.45) is 0 Å². The molecule has 0 aromatic carbocycles. The van der Waals surface area contributed by atoms with Crippen LogP contribution in [0, 0.1) is 0 Å². The maximum absolute atomic E-state index is 13.4. The third-order valence-electron chi connectivity index (χ3n) is 8.15. The van der Waals surface area contributed by atoms with Crippen molar-refractivity contribution in [3.63, 3.8) is 0 Å². The molecule has 4 heterocycles. The maximum atomic E-state index is 13.4. The number of rotatable bonds is 6. The van der Waals surface area contributed by atoms with Crippen LogP contribution in [-0.2, 0) is 22.4 Å². The second-order valence-corrected chi connectivity index (χ2v) is 10.2. The van der Waals surface area contributed by atoms with Gasteiger partial charge in [-0.2, -0.15) is 10.1 Å². The molecule has 2 atom stereocenters. The van der Waals surface area contributed by atoms with Crippen molar-refractivity contribution >= 4 is 23.5 Å². The van der Waals surface area contributed by atoms with Crippen LogP contribution in [0.25, 0.3) is 0 Å². The summed E-state index contributed by atoms with van der Waals surface area (Å²) in [6.07, 6.45) is 11.0. The number of aromatic amines is 1. The van der Waals surface area contributed by atoms with Crippen LogP contribution in [0.3, 0.4) is 0 Å². The number of anilines is 3. The fourth-order valence-electron chi connectivity index (χ4n) is 6.21. The van der Waals surface area contributed by atoms with E-state index >= 15 is 0 Å². The van der Waals surface area contributed by atoms with Crippen LogP contribution >= 0.6 is 0 Å². The Morgan fingerprint density at radius 2 is 1.97 bits per heavy atom. The van der Waals surface area contributed by atoms with Gasteiger partial charge in [-0.05, 0) is 51.4 Å². The highest BCUT2D eigenvalue weighted by Gasteiger charge is 2.38. The smallest absolute Gasteiger partial charge is 0.245 e. The minimum Gasteiger partial charge on any atom is -0.380 e. The van der Waals surface area contributed by atoms with E-state index in [9.17, 15) is 4.79 Å². The van der Waals surface area contributed by atoms with E-state index in [0.717, 1.165) is 68.9 Å². The number of aryl methyl sites for hydroxylation is 1. The van der Waals surface area contributed by atoms with Crippen molar-refractivity contribution < 1.29 is 9.53 Å². The molecule has 2 saturated heterocycles. The topological polar surface area (TPSA) is 99.3 Å². The normalized spacial score (nSPS) is 24.9. The second-order valence-electron chi connectivity index (χ2n) is 10.2. The summed E-state index contributed by atoms with van der Waals surface area (Å²) in [4.78, 5) is 27.4. The van der Waals surface area contributed by atoms with Crippen LogP contribution in [0.15, 0.2) is 6.07 Å². The number of hydrogen-bond acceptors (Lipinski definition) is 7. The van der Waals surface area contributed by atoms with E-state index in [2.05, 4.69) is 26.5 Å². The van der Waals surface area contributed by atoms with Crippen LogP contribution in [0.4, 0.5) is 17.6 Å². The average Bonchev–Trinajstić information content (AvgIpc) is 3.68. The minimum atomic E-state index is -0.192. The standard InChI is InChI=1S/C25H35N7O2/c1-34-17-11-13-31(15-17)24(33)21-10-5-12-32(21)25-26-19-9-4-8-18(19)23(28-25)27-22-14-20(29-30-22)16-6-2-3-7-16/h14,16-17,21H,2-13,15H2,1H3,(H2,26,27,28,29,30). The molecule has 1 saturated carbocycles. The number of hydrogen-bond donors (Lipinski definition) is 2. The third kappa shape index (κ3) is 4.04. The first-order chi connectivity index (χ1) is 16.7. The average molecular weight is 466 g/mol. The first kappa shape index (κ1) is 21.8. The Hall–Kier alpha value is -2.68. The molecule has 2 unspecified atom stereocenters. The number of carbonyl (C=O) groups is 1. The monoisotopic (exact) mass is 465 g/mol. The number of likely N-dealkylation sites (tertiary alicyclic amines) is 1. The lowest BCUT2D eigenvalue weighted by Gasteiger charge is -2.28. The largest absolute Gasteiger partial charge is 0.380 e. The van der Waals surface area contributed by atoms with Gasteiger partial charge in [-0.1, -0.05) is 12.8 Å². The number of carbonyl (C=O) groups excluding carboxylic acids is 1. The summed E-state index contributed by atoms with van der Waals surface area (Å²) in [5.74, 6) is 3.12. The second kappa shape index (κ2) is 9.17. The van der Waals surface area contributed by atoms with Gasteiger partial charge in [-0.15, -0.1) is 0 Å². The lowest BCUT2D eigenvalue weighted by molar-refractivity contribution is -0.131.